The lowest BCUT2D eigenvalue weighted by molar-refractivity contribution is -0.114. The van der Waals surface area contributed by atoms with E-state index in [4.69, 9.17) is 10.1 Å². The Balaban J connectivity index is 1.50. The number of nitrogens with one attached hydrogen (secondary N) is 1. The lowest BCUT2D eigenvalue weighted by atomic mass is 10.1. The zero-order valence-electron chi connectivity index (χ0n) is 16.8. The monoisotopic (exact) mass is 418 g/mol. The molecule has 1 atom stereocenters. The van der Waals surface area contributed by atoms with Crippen LogP contribution < -0.4 is 4.74 Å². The van der Waals surface area contributed by atoms with Crippen molar-refractivity contribution < 1.29 is 9.53 Å². The number of carbonyl (C=O) groups excluding carboxylic acids is 1. The summed E-state index contributed by atoms with van der Waals surface area (Å²) < 4.78 is 6.00. The summed E-state index contributed by atoms with van der Waals surface area (Å²) in [4.78, 5) is 16.6. The molecule has 30 heavy (non-hydrogen) atoms. The third-order valence-corrected chi connectivity index (χ3v) is 5.70. The fourth-order valence-corrected chi connectivity index (χ4v) is 4.14. The maximum Gasteiger partial charge on any atom is 0.283 e. The molecular formula is C23H22N4O2S. The fourth-order valence-electron chi connectivity index (χ4n) is 3.15. The molecule has 2 heterocycles. The molecule has 2 aliphatic rings. The molecule has 2 aliphatic heterocycles. The lowest BCUT2D eigenvalue weighted by Gasteiger charge is -2.20. The number of fused-ring (bicyclic) bond motifs is 1. The van der Waals surface area contributed by atoms with Gasteiger partial charge in [-0.05, 0) is 60.9 Å². The van der Waals surface area contributed by atoms with E-state index in [9.17, 15) is 4.79 Å². The van der Waals surface area contributed by atoms with E-state index in [1.54, 1.807) is 6.08 Å². The van der Waals surface area contributed by atoms with Crippen molar-refractivity contribution in [1.82, 2.24) is 5.01 Å². The van der Waals surface area contributed by atoms with E-state index in [0.717, 1.165) is 34.8 Å². The topological polar surface area (TPSA) is 78.1 Å². The van der Waals surface area contributed by atoms with Gasteiger partial charge in [0.15, 0.2) is 5.84 Å². The lowest BCUT2D eigenvalue weighted by Crippen LogP contribution is -2.35. The predicted octanol–water partition coefficient (Wildman–Crippen LogP) is 5.25. The Hall–Kier alpha value is -3.19. The van der Waals surface area contributed by atoms with Gasteiger partial charge in [-0.3, -0.25) is 10.2 Å². The SMILES string of the molecule is CCCC1=NN2C(=N)/C(=C\c3ccc(O[C@H](C)c4ccccc4)cc3)C(=O)N=C2S1. The van der Waals surface area contributed by atoms with Crippen LogP contribution in [0.5, 0.6) is 5.75 Å². The average Bonchev–Trinajstić information content (AvgIpc) is 3.16. The van der Waals surface area contributed by atoms with E-state index in [0.29, 0.717) is 5.17 Å². The van der Waals surface area contributed by atoms with Crippen LogP contribution in [-0.4, -0.2) is 27.0 Å². The van der Waals surface area contributed by atoms with Crippen molar-refractivity contribution >= 4 is 39.8 Å². The molecule has 0 saturated carbocycles. The number of carbonyl (C=O) groups is 1. The molecular weight excluding hydrogens is 396 g/mol. The first-order valence-electron chi connectivity index (χ1n) is 9.86. The third kappa shape index (κ3) is 4.21. The number of nitrogens with zero attached hydrogens (tertiary/aromatic N) is 3. The highest BCUT2D eigenvalue weighted by molar-refractivity contribution is 8.26. The van der Waals surface area contributed by atoms with Crippen LogP contribution in [0.3, 0.4) is 0 Å². The largest absolute Gasteiger partial charge is 0.486 e. The van der Waals surface area contributed by atoms with Gasteiger partial charge in [0.05, 0.1) is 5.57 Å². The van der Waals surface area contributed by atoms with Gasteiger partial charge in [-0.1, -0.05) is 49.4 Å². The van der Waals surface area contributed by atoms with Gasteiger partial charge in [0.25, 0.3) is 5.91 Å². The number of thioether (sulfide) groups is 1. The second-order valence-corrected chi connectivity index (χ2v) is 8.04. The number of hydrazone groups is 1. The standard InChI is InChI=1S/C23H22N4O2S/c1-3-7-20-26-27-21(24)19(22(28)25-23(27)30-20)14-16-10-12-18(13-11-16)29-15(2)17-8-5-4-6-9-17/h4-6,8-15,24H,3,7H2,1-2H3/b19-14+,24-21?/t15-/m1/s1. The first-order valence-corrected chi connectivity index (χ1v) is 10.7. The van der Waals surface area contributed by atoms with Gasteiger partial charge in [-0.2, -0.15) is 15.1 Å². The van der Waals surface area contributed by atoms with E-state index in [1.165, 1.54) is 16.8 Å². The van der Waals surface area contributed by atoms with Gasteiger partial charge in [0, 0.05) is 0 Å². The van der Waals surface area contributed by atoms with Crippen LogP contribution in [0.2, 0.25) is 0 Å². The normalized spacial score (nSPS) is 18.2. The number of amides is 1. The van der Waals surface area contributed by atoms with Gasteiger partial charge < -0.3 is 4.74 Å². The zero-order chi connectivity index (χ0) is 21.1. The molecule has 0 bridgehead atoms. The number of ether oxygens (including phenoxy) is 1. The smallest absolute Gasteiger partial charge is 0.283 e. The van der Waals surface area contributed by atoms with Crippen molar-refractivity contribution in [2.24, 2.45) is 10.1 Å². The molecule has 1 N–H and O–H groups in total. The minimum atomic E-state index is -0.412. The number of hydrogen-bond acceptors (Lipinski definition) is 5. The number of hydrogen-bond donors (Lipinski definition) is 1. The Labute approximate surface area is 179 Å². The highest BCUT2D eigenvalue weighted by Crippen LogP contribution is 2.30. The number of amidine groups is 2. The van der Waals surface area contributed by atoms with Crippen molar-refractivity contribution in [2.75, 3.05) is 0 Å². The van der Waals surface area contributed by atoms with Crippen molar-refractivity contribution in [2.45, 2.75) is 32.8 Å². The maximum atomic E-state index is 12.5. The summed E-state index contributed by atoms with van der Waals surface area (Å²) in [6, 6.07) is 17.5. The molecule has 2 aromatic carbocycles. The predicted molar refractivity (Wildman–Crippen MR) is 122 cm³/mol. The van der Waals surface area contributed by atoms with Gasteiger partial charge in [0.1, 0.15) is 16.9 Å². The Morgan fingerprint density at radius 1 is 1.17 bits per heavy atom. The Morgan fingerprint density at radius 2 is 1.90 bits per heavy atom. The maximum absolute atomic E-state index is 12.5. The van der Waals surface area contributed by atoms with Gasteiger partial charge in [-0.15, -0.1) is 0 Å². The molecule has 6 nitrogen and oxygen atoms in total. The van der Waals surface area contributed by atoms with Crippen LogP contribution in [0.25, 0.3) is 6.08 Å². The quantitative estimate of drug-likeness (QED) is 0.650. The Bertz CT molecular complexity index is 1060. The zero-order valence-corrected chi connectivity index (χ0v) is 17.6. The van der Waals surface area contributed by atoms with Gasteiger partial charge >= 0.3 is 0 Å². The van der Waals surface area contributed by atoms with Crippen molar-refractivity contribution in [3.63, 3.8) is 0 Å². The molecule has 0 saturated heterocycles. The first kappa shape index (κ1) is 20.1. The molecule has 1 amide bonds. The summed E-state index contributed by atoms with van der Waals surface area (Å²) in [5, 5.41) is 15.6. The van der Waals surface area contributed by atoms with E-state index >= 15 is 0 Å². The molecule has 0 spiro atoms. The molecule has 0 aromatic heterocycles. The van der Waals surface area contributed by atoms with E-state index in [-0.39, 0.29) is 17.5 Å². The second kappa shape index (κ2) is 8.67. The minimum Gasteiger partial charge on any atom is -0.486 e. The Kier molecular flexibility index (Phi) is 5.81. The first-order chi connectivity index (χ1) is 14.5. The summed E-state index contributed by atoms with van der Waals surface area (Å²) >= 11 is 1.36. The molecule has 0 radical (unpaired) electrons. The molecule has 7 heteroatoms. The van der Waals surface area contributed by atoms with E-state index in [1.807, 2.05) is 61.5 Å². The van der Waals surface area contributed by atoms with Crippen LogP contribution in [-0.2, 0) is 4.79 Å². The Morgan fingerprint density at radius 3 is 2.60 bits per heavy atom. The average molecular weight is 419 g/mol. The minimum absolute atomic E-state index is 0.0571. The van der Waals surface area contributed by atoms with Crippen molar-refractivity contribution in [1.29, 1.82) is 5.41 Å². The molecule has 2 aromatic rings. The van der Waals surface area contributed by atoms with Crippen LogP contribution in [0.1, 0.15) is 43.9 Å². The summed E-state index contributed by atoms with van der Waals surface area (Å²) in [6.07, 6.45) is 3.37. The summed E-state index contributed by atoms with van der Waals surface area (Å²) in [7, 11) is 0. The molecule has 0 fully saturated rings. The van der Waals surface area contributed by atoms with Gasteiger partial charge in [-0.25, -0.2) is 0 Å². The van der Waals surface area contributed by atoms with Crippen LogP contribution in [0, 0.1) is 5.41 Å². The summed E-state index contributed by atoms with van der Waals surface area (Å²) in [6.45, 7) is 4.07. The molecule has 152 valence electrons. The van der Waals surface area contributed by atoms with E-state index < -0.39 is 5.91 Å². The summed E-state index contributed by atoms with van der Waals surface area (Å²) in [5.74, 6) is 0.384. The third-order valence-electron chi connectivity index (χ3n) is 4.73. The summed E-state index contributed by atoms with van der Waals surface area (Å²) in [5.41, 5.74) is 2.13. The van der Waals surface area contributed by atoms with Crippen LogP contribution >= 0.6 is 11.8 Å². The number of rotatable bonds is 6. The van der Waals surface area contributed by atoms with Crippen molar-refractivity contribution in [3.8, 4) is 5.75 Å². The van der Waals surface area contributed by atoms with Gasteiger partial charge in [0.2, 0.25) is 5.17 Å². The molecule has 0 aliphatic carbocycles. The second-order valence-electron chi connectivity index (χ2n) is 7.00. The highest BCUT2D eigenvalue weighted by atomic mass is 32.2. The van der Waals surface area contributed by atoms with Crippen LogP contribution in [0.4, 0.5) is 0 Å². The van der Waals surface area contributed by atoms with E-state index in [2.05, 4.69) is 17.0 Å². The van der Waals surface area contributed by atoms with Crippen molar-refractivity contribution in [3.05, 3.63) is 71.3 Å². The molecule has 0 unspecified atom stereocenters. The van der Waals surface area contributed by atoms with Crippen LogP contribution in [0.15, 0.2) is 70.3 Å². The number of aliphatic imine (C=N–C) groups is 1. The number of benzene rings is 2. The fraction of sp³-hybridized carbons (Fsp3) is 0.217. The highest BCUT2D eigenvalue weighted by Gasteiger charge is 2.35. The molecule has 4 rings (SSSR count).